The smallest absolute Gasteiger partial charge is 0.125 e. The lowest BCUT2D eigenvalue weighted by atomic mass is 10.0. The molecule has 1 aliphatic carbocycles. The highest BCUT2D eigenvalue weighted by Crippen LogP contribution is 2.19. The molecule has 23 heavy (non-hydrogen) atoms. The number of hydrogen-bond donors (Lipinski definition) is 2. The van der Waals surface area contributed by atoms with Crippen LogP contribution in [0, 0.1) is 0 Å². The molecule has 0 saturated carbocycles. The fourth-order valence-electron chi connectivity index (χ4n) is 2.41. The van der Waals surface area contributed by atoms with E-state index in [2.05, 4.69) is 33.9 Å². The Morgan fingerprint density at radius 1 is 1.48 bits per heavy atom. The standard InChI is InChI=1S/C17H31N5O/c1-5-8-13-19-15-11-9-10-12-16(15)20-21-22(14-18-7-3)17(6-2)23-4/h5,7-8,11,13,16-17,20-21H,6,9-10,12,14H2,1-4H3/b8-5-,18-7-,19-13-. The van der Waals surface area contributed by atoms with Crippen LogP contribution in [0.25, 0.3) is 0 Å². The number of methoxy groups -OCH3 is 1. The van der Waals surface area contributed by atoms with Crippen LogP contribution in [0.5, 0.6) is 0 Å². The molecule has 0 amide bonds. The molecule has 0 aliphatic heterocycles. The molecule has 0 spiro atoms. The summed E-state index contributed by atoms with van der Waals surface area (Å²) in [6.45, 7) is 6.52. The summed E-state index contributed by atoms with van der Waals surface area (Å²) in [7, 11) is 1.71. The van der Waals surface area contributed by atoms with Crippen LogP contribution < -0.4 is 11.0 Å². The van der Waals surface area contributed by atoms with Crippen molar-refractivity contribution in [2.75, 3.05) is 13.8 Å². The third-order valence-electron chi connectivity index (χ3n) is 3.68. The molecule has 0 aromatic rings. The Hall–Kier alpha value is -1.34. The molecule has 1 rings (SSSR count). The number of nitrogens with one attached hydrogen (secondary N) is 2. The molecule has 130 valence electrons. The highest BCUT2D eigenvalue weighted by molar-refractivity contribution is 5.72. The van der Waals surface area contributed by atoms with Gasteiger partial charge in [0.2, 0.25) is 0 Å². The van der Waals surface area contributed by atoms with Crippen LogP contribution in [0.2, 0.25) is 0 Å². The first kappa shape index (κ1) is 19.7. The molecule has 0 aromatic heterocycles. The predicted molar refractivity (Wildman–Crippen MR) is 97.3 cm³/mol. The van der Waals surface area contributed by atoms with Gasteiger partial charge in [0.05, 0.1) is 11.7 Å². The Bertz CT molecular complexity index is 427. The molecular weight excluding hydrogens is 290 g/mol. The lowest BCUT2D eigenvalue weighted by molar-refractivity contribution is -0.0738. The van der Waals surface area contributed by atoms with Crippen LogP contribution in [0.4, 0.5) is 0 Å². The number of aliphatic imine (C=N–C) groups is 2. The maximum Gasteiger partial charge on any atom is 0.125 e. The molecule has 2 unspecified atom stereocenters. The molecule has 2 N–H and O–H groups in total. The highest BCUT2D eigenvalue weighted by atomic mass is 16.5. The van der Waals surface area contributed by atoms with Gasteiger partial charge in [-0.2, -0.15) is 10.5 Å². The Kier molecular flexibility index (Phi) is 10.4. The zero-order chi connectivity index (χ0) is 16.9. The summed E-state index contributed by atoms with van der Waals surface area (Å²) in [6.07, 6.45) is 13.9. The van der Waals surface area contributed by atoms with Gasteiger partial charge in [-0.05, 0) is 51.8 Å². The normalized spacial score (nSPS) is 20.9. The van der Waals surface area contributed by atoms with Crippen molar-refractivity contribution in [3.05, 3.63) is 23.9 Å². The Morgan fingerprint density at radius 3 is 2.96 bits per heavy atom. The first-order valence-electron chi connectivity index (χ1n) is 8.37. The second kappa shape index (κ2) is 12.1. The van der Waals surface area contributed by atoms with E-state index in [0.717, 1.165) is 31.4 Å². The van der Waals surface area contributed by atoms with Gasteiger partial charge >= 0.3 is 0 Å². The molecule has 2 atom stereocenters. The van der Waals surface area contributed by atoms with Crippen LogP contribution in [0.3, 0.4) is 0 Å². The van der Waals surface area contributed by atoms with Crippen molar-refractivity contribution in [1.82, 2.24) is 16.0 Å². The van der Waals surface area contributed by atoms with Gasteiger partial charge in [0, 0.05) is 13.3 Å². The summed E-state index contributed by atoms with van der Waals surface area (Å²) in [4.78, 5) is 8.84. The molecular formula is C17H31N5O. The van der Waals surface area contributed by atoms with Crippen molar-refractivity contribution in [1.29, 1.82) is 0 Å². The number of rotatable bonds is 10. The van der Waals surface area contributed by atoms with Gasteiger partial charge < -0.3 is 4.74 Å². The van der Waals surface area contributed by atoms with E-state index in [4.69, 9.17) is 4.74 Å². The molecule has 0 radical (unpaired) electrons. The Labute approximate surface area is 140 Å². The van der Waals surface area contributed by atoms with Gasteiger partial charge in [-0.25, -0.2) is 5.43 Å². The second-order valence-corrected chi connectivity index (χ2v) is 5.32. The van der Waals surface area contributed by atoms with E-state index in [1.54, 1.807) is 13.3 Å². The van der Waals surface area contributed by atoms with Crippen LogP contribution in [0.15, 0.2) is 33.9 Å². The van der Waals surface area contributed by atoms with Crippen LogP contribution in [-0.4, -0.2) is 43.5 Å². The van der Waals surface area contributed by atoms with E-state index in [1.807, 2.05) is 37.2 Å². The fourth-order valence-corrected chi connectivity index (χ4v) is 2.41. The van der Waals surface area contributed by atoms with Crippen LogP contribution >= 0.6 is 0 Å². The number of ether oxygens (including phenoxy) is 1. The van der Waals surface area contributed by atoms with E-state index in [9.17, 15) is 0 Å². The predicted octanol–water partition coefficient (Wildman–Crippen LogP) is 2.81. The molecule has 1 aliphatic rings. The third kappa shape index (κ3) is 7.18. The molecule has 0 aromatic carbocycles. The van der Waals surface area contributed by atoms with Gasteiger partial charge in [-0.1, -0.05) is 19.1 Å². The quantitative estimate of drug-likeness (QED) is 0.369. The van der Waals surface area contributed by atoms with E-state index in [1.165, 1.54) is 0 Å². The third-order valence-corrected chi connectivity index (χ3v) is 3.68. The van der Waals surface area contributed by atoms with Crippen molar-refractivity contribution in [2.24, 2.45) is 9.98 Å². The number of hydrazine groups is 2. The molecule has 0 saturated heterocycles. The lowest BCUT2D eigenvalue weighted by Crippen LogP contribution is -2.56. The SMILES string of the molecule is C/C=C\C=N/C1=CCCCC1NNN(C/N=C\C)C(CC)OC. The molecule has 0 fully saturated rings. The van der Waals surface area contributed by atoms with Crippen LogP contribution in [-0.2, 0) is 4.74 Å². The van der Waals surface area contributed by atoms with Crippen molar-refractivity contribution in [2.45, 2.75) is 58.7 Å². The largest absolute Gasteiger partial charge is 0.365 e. The van der Waals surface area contributed by atoms with Gasteiger partial charge in [0.25, 0.3) is 0 Å². The minimum Gasteiger partial charge on any atom is -0.365 e. The first-order valence-corrected chi connectivity index (χ1v) is 8.37. The molecule has 6 heteroatoms. The van der Waals surface area contributed by atoms with Crippen molar-refractivity contribution in [3.63, 3.8) is 0 Å². The second-order valence-electron chi connectivity index (χ2n) is 5.32. The highest BCUT2D eigenvalue weighted by Gasteiger charge is 2.20. The van der Waals surface area contributed by atoms with Crippen molar-refractivity contribution < 1.29 is 4.74 Å². The van der Waals surface area contributed by atoms with Gasteiger partial charge in [0.15, 0.2) is 0 Å². The Balaban J connectivity index is 2.66. The zero-order valence-electron chi connectivity index (χ0n) is 14.8. The van der Waals surface area contributed by atoms with E-state index in [0.29, 0.717) is 6.67 Å². The molecule has 6 nitrogen and oxygen atoms in total. The zero-order valence-corrected chi connectivity index (χ0v) is 14.8. The van der Waals surface area contributed by atoms with E-state index >= 15 is 0 Å². The topological polar surface area (TPSA) is 61.2 Å². The van der Waals surface area contributed by atoms with E-state index in [-0.39, 0.29) is 12.3 Å². The number of hydrogen-bond acceptors (Lipinski definition) is 6. The monoisotopic (exact) mass is 321 g/mol. The summed E-state index contributed by atoms with van der Waals surface area (Å²) >= 11 is 0. The van der Waals surface area contributed by atoms with Crippen molar-refractivity contribution >= 4 is 12.4 Å². The fraction of sp³-hybridized carbons (Fsp3) is 0.647. The minimum absolute atomic E-state index is 0.0336. The summed E-state index contributed by atoms with van der Waals surface area (Å²) in [5, 5.41) is 1.96. The number of nitrogens with zero attached hydrogens (tertiary/aromatic N) is 3. The molecule has 0 heterocycles. The molecule has 0 bridgehead atoms. The summed E-state index contributed by atoms with van der Waals surface area (Å²) in [5.41, 5.74) is 7.71. The van der Waals surface area contributed by atoms with Gasteiger partial charge in [-0.15, -0.1) is 0 Å². The Morgan fingerprint density at radius 2 is 2.30 bits per heavy atom. The maximum atomic E-state index is 5.50. The summed E-state index contributed by atoms with van der Waals surface area (Å²) in [6, 6.07) is 0.188. The van der Waals surface area contributed by atoms with Gasteiger partial charge in [0.1, 0.15) is 12.9 Å². The summed E-state index contributed by atoms with van der Waals surface area (Å²) < 4.78 is 5.50. The first-order chi connectivity index (χ1) is 11.3. The van der Waals surface area contributed by atoms with Crippen LogP contribution in [0.1, 0.15) is 46.5 Å². The minimum atomic E-state index is -0.0336. The number of allylic oxidation sites excluding steroid dienone is 3. The summed E-state index contributed by atoms with van der Waals surface area (Å²) in [5.74, 6) is 0. The van der Waals surface area contributed by atoms with Gasteiger partial charge in [-0.3, -0.25) is 9.98 Å². The maximum absolute atomic E-state index is 5.50. The van der Waals surface area contributed by atoms with E-state index < -0.39 is 0 Å². The average molecular weight is 321 g/mol. The lowest BCUT2D eigenvalue weighted by Gasteiger charge is -2.32. The van der Waals surface area contributed by atoms with Crippen molar-refractivity contribution in [3.8, 4) is 0 Å². The average Bonchev–Trinajstić information content (AvgIpc) is 2.59.